The highest BCUT2D eigenvalue weighted by atomic mass is 31.2. The van der Waals surface area contributed by atoms with Crippen LogP contribution in [0.3, 0.4) is 0 Å². The van der Waals surface area contributed by atoms with Gasteiger partial charge < -0.3 is 21.1 Å². The predicted molar refractivity (Wildman–Crippen MR) is 212 cm³/mol. The SMILES string of the molecule is CC/C=C\C/C=C\C/C=C\C/C=C\CCC(=O)NC(COP(=O)(O)OCCN)C(O)/C=C/CCCCCCCCCCCCCCCCCC. The van der Waals surface area contributed by atoms with Gasteiger partial charge in [-0.15, -0.1) is 0 Å². The number of rotatable bonds is 36. The van der Waals surface area contributed by atoms with E-state index in [1.165, 1.54) is 89.9 Å². The number of nitrogens with two attached hydrogens (primary N) is 1. The first-order valence-electron chi connectivity index (χ1n) is 19.9. The molecule has 0 aromatic rings. The summed E-state index contributed by atoms with van der Waals surface area (Å²) in [5, 5.41) is 13.6. The molecule has 3 unspecified atom stereocenters. The number of unbranched alkanes of at least 4 members (excludes halogenated alkanes) is 16. The Bertz CT molecular complexity index is 965. The Labute approximate surface area is 306 Å². The summed E-state index contributed by atoms with van der Waals surface area (Å²) in [5.41, 5.74) is 5.35. The van der Waals surface area contributed by atoms with Gasteiger partial charge in [0, 0.05) is 13.0 Å². The van der Waals surface area contributed by atoms with Crippen molar-refractivity contribution in [2.24, 2.45) is 5.73 Å². The second-order valence-corrected chi connectivity index (χ2v) is 14.6. The summed E-state index contributed by atoms with van der Waals surface area (Å²) in [6.07, 6.45) is 45.7. The molecule has 0 radical (unpaired) electrons. The van der Waals surface area contributed by atoms with Gasteiger partial charge in [-0.2, -0.15) is 0 Å². The Morgan fingerprint density at radius 3 is 1.66 bits per heavy atom. The summed E-state index contributed by atoms with van der Waals surface area (Å²) < 4.78 is 22.0. The lowest BCUT2D eigenvalue weighted by Gasteiger charge is -2.23. The number of aliphatic hydroxyl groups excluding tert-OH is 1. The third-order valence-corrected chi connectivity index (χ3v) is 9.35. The van der Waals surface area contributed by atoms with Gasteiger partial charge in [0.25, 0.3) is 0 Å². The molecule has 0 saturated carbocycles. The van der Waals surface area contributed by atoms with E-state index in [0.717, 1.165) is 44.9 Å². The van der Waals surface area contributed by atoms with E-state index >= 15 is 0 Å². The molecular weight excluding hydrogens is 647 g/mol. The van der Waals surface area contributed by atoms with Crippen molar-refractivity contribution in [2.45, 2.75) is 174 Å². The van der Waals surface area contributed by atoms with Gasteiger partial charge in [0.05, 0.1) is 25.4 Å². The average molecular weight is 723 g/mol. The van der Waals surface area contributed by atoms with Crippen LogP contribution in [-0.2, 0) is 18.4 Å². The number of phosphoric ester groups is 1. The van der Waals surface area contributed by atoms with E-state index in [2.05, 4.69) is 55.6 Å². The minimum atomic E-state index is -4.35. The molecule has 0 aliphatic rings. The topological polar surface area (TPSA) is 131 Å². The fourth-order valence-corrected chi connectivity index (χ4v) is 6.14. The Hall–Kier alpha value is -1.80. The first kappa shape index (κ1) is 48.2. The lowest BCUT2D eigenvalue weighted by Crippen LogP contribution is -2.45. The highest BCUT2D eigenvalue weighted by molar-refractivity contribution is 7.47. The molecule has 9 heteroatoms. The third kappa shape index (κ3) is 34.6. The molecule has 0 aliphatic carbocycles. The van der Waals surface area contributed by atoms with Crippen LogP contribution in [0.4, 0.5) is 0 Å². The van der Waals surface area contributed by atoms with Crippen molar-refractivity contribution in [1.29, 1.82) is 0 Å². The molecule has 0 aliphatic heterocycles. The summed E-state index contributed by atoms with van der Waals surface area (Å²) in [4.78, 5) is 22.6. The van der Waals surface area contributed by atoms with Gasteiger partial charge in [-0.25, -0.2) is 4.57 Å². The number of hydrogen-bond donors (Lipinski definition) is 4. The van der Waals surface area contributed by atoms with Crippen molar-refractivity contribution < 1.29 is 28.4 Å². The standard InChI is InChI=1S/C41H75N2O6P/c1-3-5-7-9-11-13-15-17-18-19-20-21-23-24-26-28-30-32-34-40(44)39(38-49-50(46,47)48-37-36-42)43-41(45)35-33-31-29-27-25-22-16-14-12-10-8-6-4-2/h6,8,12,14,22,25,29,31-32,34,39-40,44H,3-5,7,9-11,13,15-21,23-24,26-28,30,33,35-38,42H2,1-2H3,(H,43,45)(H,46,47)/b8-6-,14-12-,25-22-,31-29-,34-32+. The van der Waals surface area contributed by atoms with E-state index in [1.54, 1.807) is 6.08 Å². The van der Waals surface area contributed by atoms with Crippen LogP contribution in [0.2, 0.25) is 0 Å². The van der Waals surface area contributed by atoms with Crippen LogP contribution < -0.4 is 11.1 Å². The van der Waals surface area contributed by atoms with Crippen molar-refractivity contribution >= 4 is 13.7 Å². The summed E-state index contributed by atoms with van der Waals surface area (Å²) in [6.45, 7) is 3.95. The minimum absolute atomic E-state index is 0.0656. The molecule has 0 heterocycles. The van der Waals surface area contributed by atoms with E-state index in [9.17, 15) is 19.4 Å². The molecule has 5 N–H and O–H groups in total. The molecular formula is C41H75N2O6P. The van der Waals surface area contributed by atoms with Gasteiger partial charge in [-0.05, 0) is 44.9 Å². The Kier molecular flexibility index (Phi) is 35.6. The number of amides is 1. The molecule has 8 nitrogen and oxygen atoms in total. The van der Waals surface area contributed by atoms with Crippen molar-refractivity contribution in [3.63, 3.8) is 0 Å². The largest absolute Gasteiger partial charge is 0.472 e. The zero-order valence-electron chi connectivity index (χ0n) is 31.9. The average Bonchev–Trinajstić information content (AvgIpc) is 3.10. The number of carbonyl (C=O) groups is 1. The van der Waals surface area contributed by atoms with Crippen LogP contribution in [-0.4, -0.2) is 47.8 Å². The molecule has 0 aromatic heterocycles. The Morgan fingerprint density at radius 1 is 0.680 bits per heavy atom. The number of aliphatic hydroxyl groups is 1. The van der Waals surface area contributed by atoms with E-state index < -0.39 is 20.0 Å². The third-order valence-electron chi connectivity index (χ3n) is 8.36. The van der Waals surface area contributed by atoms with E-state index in [0.29, 0.717) is 6.42 Å². The molecule has 0 saturated heterocycles. The van der Waals surface area contributed by atoms with E-state index in [1.807, 2.05) is 18.2 Å². The maximum absolute atomic E-state index is 12.7. The quantitative estimate of drug-likeness (QED) is 0.0288. The van der Waals surface area contributed by atoms with E-state index in [4.69, 9.17) is 14.8 Å². The zero-order chi connectivity index (χ0) is 36.8. The van der Waals surface area contributed by atoms with Crippen molar-refractivity contribution in [1.82, 2.24) is 5.32 Å². The van der Waals surface area contributed by atoms with Gasteiger partial charge in [0.15, 0.2) is 0 Å². The van der Waals surface area contributed by atoms with Crippen molar-refractivity contribution in [3.05, 3.63) is 60.8 Å². The van der Waals surface area contributed by atoms with Gasteiger partial charge in [-0.1, -0.05) is 171 Å². The first-order valence-corrected chi connectivity index (χ1v) is 21.4. The maximum atomic E-state index is 12.7. The number of allylic oxidation sites excluding steroid dienone is 9. The lowest BCUT2D eigenvalue weighted by atomic mass is 10.0. The summed E-state index contributed by atoms with van der Waals surface area (Å²) in [7, 11) is -4.35. The Morgan fingerprint density at radius 2 is 1.16 bits per heavy atom. The lowest BCUT2D eigenvalue weighted by molar-refractivity contribution is -0.122. The first-order chi connectivity index (χ1) is 24.4. The number of hydrogen-bond acceptors (Lipinski definition) is 6. The molecule has 50 heavy (non-hydrogen) atoms. The molecule has 1 amide bonds. The monoisotopic (exact) mass is 723 g/mol. The van der Waals surface area contributed by atoms with Crippen LogP contribution in [0.25, 0.3) is 0 Å². The molecule has 0 bridgehead atoms. The number of carbonyl (C=O) groups excluding carboxylic acids is 1. The molecule has 0 spiro atoms. The normalized spacial score (nSPS) is 14.9. The summed E-state index contributed by atoms with van der Waals surface area (Å²) in [6, 6.07) is -0.899. The summed E-state index contributed by atoms with van der Waals surface area (Å²) >= 11 is 0. The second kappa shape index (κ2) is 37.0. The van der Waals surface area contributed by atoms with Crippen molar-refractivity contribution in [3.8, 4) is 0 Å². The van der Waals surface area contributed by atoms with Crippen LogP contribution in [0, 0.1) is 0 Å². The predicted octanol–water partition coefficient (Wildman–Crippen LogP) is 10.7. The Balaban J connectivity index is 4.36. The fraction of sp³-hybridized carbons (Fsp3) is 0.732. The number of phosphoric acid groups is 1. The van der Waals surface area contributed by atoms with Crippen LogP contribution in [0.15, 0.2) is 60.8 Å². The fourth-order valence-electron chi connectivity index (χ4n) is 5.38. The van der Waals surface area contributed by atoms with Gasteiger partial charge in [-0.3, -0.25) is 13.8 Å². The number of nitrogens with one attached hydrogen (secondary N) is 1. The van der Waals surface area contributed by atoms with Gasteiger partial charge >= 0.3 is 7.82 Å². The van der Waals surface area contributed by atoms with E-state index in [-0.39, 0.29) is 32.1 Å². The van der Waals surface area contributed by atoms with Crippen LogP contribution in [0.1, 0.15) is 162 Å². The minimum Gasteiger partial charge on any atom is -0.387 e. The molecule has 290 valence electrons. The van der Waals surface area contributed by atoms with Crippen LogP contribution in [0.5, 0.6) is 0 Å². The molecule has 0 aromatic carbocycles. The molecule has 0 rings (SSSR count). The van der Waals surface area contributed by atoms with Crippen molar-refractivity contribution in [2.75, 3.05) is 19.8 Å². The molecule has 3 atom stereocenters. The highest BCUT2D eigenvalue weighted by Gasteiger charge is 2.26. The zero-order valence-corrected chi connectivity index (χ0v) is 32.8. The van der Waals surface area contributed by atoms with Gasteiger partial charge in [0.2, 0.25) is 5.91 Å². The smallest absolute Gasteiger partial charge is 0.387 e. The summed E-state index contributed by atoms with van der Waals surface area (Å²) in [5.74, 6) is -0.276. The maximum Gasteiger partial charge on any atom is 0.472 e. The molecule has 0 fully saturated rings. The van der Waals surface area contributed by atoms with Crippen LogP contribution >= 0.6 is 7.82 Å². The van der Waals surface area contributed by atoms with Gasteiger partial charge in [0.1, 0.15) is 0 Å². The second-order valence-electron chi connectivity index (χ2n) is 13.1. The highest BCUT2D eigenvalue weighted by Crippen LogP contribution is 2.43.